The van der Waals surface area contributed by atoms with Crippen molar-refractivity contribution in [3.05, 3.63) is 58.3 Å². The molecule has 1 amide bonds. The van der Waals surface area contributed by atoms with Gasteiger partial charge in [0.2, 0.25) is 5.91 Å². The van der Waals surface area contributed by atoms with Gasteiger partial charge in [-0.2, -0.15) is 0 Å². The lowest BCUT2D eigenvalue weighted by molar-refractivity contribution is -0.115. The average Bonchev–Trinajstić information content (AvgIpc) is 3.20. The van der Waals surface area contributed by atoms with Crippen molar-refractivity contribution < 1.29 is 14.3 Å². The molecule has 27 heavy (non-hydrogen) atoms. The number of hydrogen-bond acceptors (Lipinski definition) is 7. The van der Waals surface area contributed by atoms with Gasteiger partial charge in [0.05, 0.1) is 20.6 Å². The van der Waals surface area contributed by atoms with Gasteiger partial charge in [-0.15, -0.1) is 21.5 Å². The van der Waals surface area contributed by atoms with Gasteiger partial charge in [-0.3, -0.25) is 4.79 Å². The zero-order valence-electron chi connectivity index (χ0n) is 15.1. The van der Waals surface area contributed by atoms with Gasteiger partial charge in [-0.1, -0.05) is 12.1 Å². The van der Waals surface area contributed by atoms with Crippen LogP contribution in [0.3, 0.4) is 0 Å². The molecule has 8 heteroatoms. The number of nitrogens with zero attached hydrogens (tertiary/aromatic N) is 2. The van der Waals surface area contributed by atoms with Crippen LogP contribution in [0, 0.1) is 0 Å². The van der Waals surface area contributed by atoms with Crippen LogP contribution < -0.4 is 20.1 Å². The zero-order valence-corrected chi connectivity index (χ0v) is 15.9. The van der Waals surface area contributed by atoms with Gasteiger partial charge in [0.1, 0.15) is 5.82 Å². The maximum absolute atomic E-state index is 12.0. The molecule has 0 aliphatic carbocycles. The Hall–Kier alpha value is -3.13. The first-order valence-corrected chi connectivity index (χ1v) is 9.16. The van der Waals surface area contributed by atoms with Crippen LogP contribution in [0.25, 0.3) is 0 Å². The van der Waals surface area contributed by atoms with E-state index in [1.54, 1.807) is 37.7 Å². The Balaban J connectivity index is 1.54. The molecule has 2 N–H and O–H groups in total. The second kappa shape index (κ2) is 9.00. The Bertz CT molecular complexity index is 882. The van der Waals surface area contributed by atoms with E-state index in [0.29, 0.717) is 36.1 Å². The lowest BCUT2D eigenvalue weighted by atomic mass is 10.2. The van der Waals surface area contributed by atoms with Crippen molar-refractivity contribution in [2.45, 2.75) is 13.0 Å². The maximum atomic E-state index is 12.0. The van der Waals surface area contributed by atoms with Gasteiger partial charge < -0.3 is 20.1 Å². The highest BCUT2D eigenvalue weighted by atomic mass is 32.1. The van der Waals surface area contributed by atoms with Crippen LogP contribution in [0.2, 0.25) is 0 Å². The first-order chi connectivity index (χ1) is 13.2. The molecule has 2 heterocycles. The predicted octanol–water partition coefficient (Wildman–Crippen LogP) is 3.35. The predicted molar refractivity (Wildman–Crippen MR) is 106 cm³/mol. The zero-order chi connectivity index (χ0) is 19.1. The normalized spacial score (nSPS) is 10.3. The summed E-state index contributed by atoms with van der Waals surface area (Å²) in [5, 5.41) is 16.0. The molecule has 0 unspecified atom stereocenters. The number of ether oxygens (including phenoxy) is 2. The fourth-order valence-corrected chi connectivity index (χ4v) is 3.14. The number of carbonyl (C=O) groups excluding carboxylic acids is 1. The fraction of sp³-hybridized carbons (Fsp3) is 0.211. The molecule has 7 nitrogen and oxygen atoms in total. The Kier molecular flexibility index (Phi) is 6.22. The molecular formula is C19H20N4O3S. The molecule has 3 rings (SSSR count). The molecule has 140 valence electrons. The van der Waals surface area contributed by atoms with Gasteiger partial charge >= 0.3 is 0 Å². The molecule has 0 aliphatic heterocycles. The van der Waals surface area contributed by atoms with E-state index in [9.17, 15) is 4.79 Å². The molecule has 0 fully saturated rings. The van der Waals surface area contributed by atoms with E-state index in [-0.39, 0.29) is 5.91 Å². The largest absolute Gasteiger partial charge is 0.493 e. The maximum Gasteiger partial charge on any atom is 0.230 e. The number of hydrogen-bond donors (Lipinski definition) is 2. The average molecular weight is 384 g/mol. The SMILES string of the molecule is COc1ccc(CNc2ccc(NC(=O)Cc3cccs3)nn2)cc1OC. The Labute approximate surface area is 161 Å². The van der Waals surface area contributed by atoms with E-state index in [4.69, 9.17) is 9.47 Å². The first-order valence-electron chi connectivity index (χ1n) is 8.28. The minimum absolute atomic E-state index is 0.113. The Morgan fingerprint density at radius 1 is 1.04 bits per heavy atom. The number of carbonyl (C=O) groups is 1. The van der Waals surface area contributed by atoms with Crippen LogP contribution in [-0.2, 0) is 17.8 Å². The van der Waals surface area contributed by atoms with Crippen molar-refractivity contribution in [2.24, 2.45) is 0 Å². The molecular weight excluding hydrogens is 364 g/mol. The van der Waals surface area contributed by atoms with Gasteiger partial charge in [0, 0.05) is 11.4 Å². The summed E-state index contributed by atoms with van der Waals surface area (Å²) in [6.45, 7) is 0.555. The summed E-state index contributed by atoms with van der Waals surface area (Å²) in [5.74, 6) is 2.28. The fourth-order valence-electron chi connectivity index (χ4n) is 2.43. The highest BCUT2D eigenvalue weighted by Crippen LogP contribution is 2.27. The first kappa shape index (κ1) is 18.7. The molecule has 1 aromatic carbocycles. The van der Waals surface area contributed by atoms with Crippen molar-refractivity contribution in [1.29, 1.82) is 0 Å². The Morgan fingerprint density at radius 2 is 1.81 bits per heavy atom. The third kappa shape index (κ3) is 5.18. The van der Waals surface area contributed by atoms with E-state index in [2.05, 4.69) is 20.8 Å². The summed E-state index contributed by atoms with van der Waals surface area (Å²) in [6.07, 6.45) is 0.332. The molecule has 3 aromatic rings. The molecule has 0 spiro atoms. The summed E-state index contributed by atoms with van der Waals surface area (Å²) in [4.78, 5) is 13.0. The van der Waals surface area contributed by atoms with Gasteiger partial charge in [-0.25, -0.2) is 0 Å². The van der Waals surface area contributed by atoms with E-state index < -0.39 is 0 Å². The smallest absolute Gasteiger partial charge is 0.230 e. The second-order valence-electron chi connectivity index (χ2n) is 5.65. The minimum Gasteiger partial charge on any atom is -0.493 e. The number of methoxy groups -OCH3 is 2. The summed E-state index contributed by atoms with van der Waals surface area (Å²) in [7, 11) is 3.21. The van der Waals surface area contributed by atoms with Crippen LogP contribution in [0.5, 0.6) is 11.5 Å². The summed E-state index contributed by atoms with van der Waals surface area (Å²) >= 11 is 1.55. The topological polar surface area (TPSA) is 85.4 Å². The quantitative estimate of drug-likeness (QED) is 0.620. The number of nitrogens with one attached hydrogen (secondary N) is 2. The number of amides is 1. The van der Waals surface area contributed by atoms with Crippen LogP contribution in [0.4, 0.5) is 11.6 Å². The second-order valence-corrected chi connectivity index (χ2v) is 6.68. The van der Waals surface area contributed by atoms with Crippen molar-refractivity contribution in [1.82, 2.24) is 10.2 Å². The van der Waals surface area contributed by atoms with Crippen molar-refractivity contribution in [3.63, 3.8) is 0 Å². The van der Waals surface area contributed by atoms with Gasteiger partial charge in [0.15, 0.2) is 17.3 Å². The minimum atomic E-state index is -0.113. The van der Waals surface area contributed by atoms with Gasteiger partial charge in [0.25, 0.3) is 0 Å². The monoisotopic (exact) mass is 384 g/mol. The molecule has 0 aliphatic rings. The number of benzene rings is 1. The van der Waals surface area contributed by atoms with Crippen LogP contribution in [0.1, 0.15) is 10.4 Å². The van der Waals surface area contributed by atoms with E-state index in [1.807, 2.05) is 35.7 Å². The number of rotatable bonds is 8. The number of thiophene rings is 1. The summed E-state index contributed by atoms with van der Waals surface area (Å²) < 4.78 is 10.5. The highest BCUT2D eigenvalue weighted by Gasteiger charge is 2.07. The van der Waals surface area contributed by atoms with Crippen molar-refractivity contribution in [2.75, 3.05) is 24.9 Å². The molecule has 0 atom stereocenters. The third-order valence-corrected chi connectivity index (χ3v) is 4.64. The number of aromatic nitrogens is 2. The van der Waals surface area contributed by atoms with Crippen LogP contribution in [0.15, 0.2) is 47.8 Å². The van der Waals surface area contributed by atoms with E-state index in [0.717, 1.165) is 10.4 Å². The van der Waals surface area contributed by atoms with E-state index >= 15 is 0 Å². The molecule has 0 saturated carbocycles. The van der Waals surface area contributed by atoms with Crippen molar-refractivity contribution in [3.8, 4) is 11.5 Å². The van der Waals surface area contributed by atoms with Crippen LogP contribution >= 0.6 is 11.3 Å². The standard InChI is InChI=1S/C19H20N4O3S/c1-25-15-6-5-13(10-16(15)26-2)12-20-17-7-8-18(23-22-17)21-19(24)11-14-4-3-9-27-14/h3-10H,11-12H2,1-2H3,(H,20,22)(H,21,23,24). The van der Waals surface area contributed by atoms with E-state index in [1.165, 1.54) is 0 Å². The molecule has 0 bridgehead atoms. The lowest BCUT2D eigenvalue weighted by Gasteiger charge is -2.10. The van der Waals surface area contributed by atoms with Crippen LogP contribution in [-0.4, -0.2) is 30.3 Å². The summed E-state index contributed by atoms with van der Waals surface area (Å²) in [6, 6.07) is 13.0. The van der Waals surface area contributed by atoms with Gasteiger partial charge in [-0.05, 0) is 41.3 Å². The number of anilines is 2. The lowest BCUT2D eigenvalue weighted by Crippen LogP contribution is -2.15. The molecule has 0 saturated heterocycles. The highest BCUT2D eigenvalue weighted by molar-refractivity contribution is 7.10. The van der Waals surface area contributed by atoms with Crippen molar-refractivity contribution >= 4 is 28.9 Å². The molecule has 2 aromatic heterocycles. The summed E-state index contributed by atoms with van der Waals surface area (Å²) in [5.41, 5.74) is 1.02. The molecule has 0 radical (unpaired) electrons. The Morgan fingerprint density at radius 3 is 2.48 bits per heavy atom. The third-order valence-electron chi connectivity index (χ3n) is 3.77.